The molecule has 4 aromatic rings. The summed E-state index contributed by atoms with van der Waals surface area (Å²) in [7, 11) is 0. The summed E-state index contributed by atoms with van der Waals surface area (Å²) in [6.07, 6.45) is 4.58. The van der Waals surface area contributed by atoms with Gasteiger partial charge < -0.3 is 10.7 Å². The van der Waals surface area contributed by atoms with Crippen molar-refractivity contribution in [3.8, 4) is 16.9 Å². The van der Waals surface area contributed by atoms with Gasteiger partial charge in [0.05, 0.1) is 11.4 Å². The SMILES string of the molecule is CC(=N)/C=C(\Nc1ccccc1)c1nn(-c2ccc(-c3ccccn3)cc2F)ccc1=O. The molecule has 0 aliphatic rings. The van der Waals surface area contributed by atoms with Crippen LogP contribution in [0, 0.1) is 11.2 Å². The molecule has 32 heavy (non-hydrogen) atoms. The number of nitrogens with one attached hydrogen (secondary N) is 2. The van der Waals surface area contributed by atoms with Crippen LogP contribution < -0.4 is 10.7 Å². The van der Waals surface area contributed by atoms with Crippen LogP contribution in [-0.4, -0.2) is 20.5 Å². The van der Waals surface area contributed by atoms with Crippen LogP contribution in [0.3, 0.4) is 0 Å². The molecule has 7 heteroatoms. The lowest BCUT2D eigenvalue weighted by atomic mass is 10.1. The standard InChI is InChI=1S/C25H20FN5O/c1-17(27)15-22(29-19-7-3-2-4-8-19)25-24(32)12-14-31(30-25)23-11-10-18(16-20(23)26)21-9-5-6-13-28-21/h2-16,27,29H,1H3/b22-15-,27-17?. The maximum atomic E-state index is 15.0. The van der Waals surface area contributed by atoms with Gasteiger partial charge in [0.15, 0.2) is 5.69 Å². The van der Waals surface area contributed by atoms with Crippen molar-refractivity contribution in [2.24, 2.45) is 0 Å². The molecule has 2 aromatic carbocycles. The molecule has 0 bridgehead atoms. The molecular weight excluding hydrogens is 405 g/mol. The van der Waals surface area contributed by atoms with Crippen molar-refractivity contribution in [1.82, 2.24) is 14.8 Å². The van der Waals surface area contributed by atoms with Crippen LogP contribution in [-0.2, 0) is 0 Å². The van der Waals surface area contributed by atoms with Gasteiger partial charge >= 0.3 is 0 Å². The van der Waals surface area contributed by atoms with Gasteiger partial charge in [0.2, 0.25) is 5.43 Å². The summed E-state index contributed by atoms with van der Waals surface area (Å²) in [5, 5.41) is 15.4. The number of hydrogen-bond acceptors (Lipinski definition) is 5. The van der Waals surface area contributed by atoms with Gasteiger partial charge in [-0.2, -0.15) is 5.10 Å². The minimum absolute atomic E-state index is 0.0798. The average molecular weight is 425 g/mol. The van der Waals surface area contributed by atoms with Crippen LogP contribution in [0.2, 0.25) is 0 Å². The minimum atomic E-state index is -0.500. The number of para-hydroxylation sites is 1. The van der Waals surface area contributed by atoms with Gasteiger partial charge in [-0.3, -0.25) is 9.78 Å². The Kier molecular flexibility index (Phi) is 5.98. The van der Waals surface area contributed by atoms with E-state index in [0.717, 1.165) is 5.69 Å². The van der Waals surface area contributed by atoms with Crippen LogP contribution in [0.1, 0.15) is 12.6 Å². The van der Waals surface area contributed by atoms with Gasteiger partial charge in [0.25, 0.3) is 0 Å². The van der Waals surface area contributed by atoms with E-state index in [9.17, 15) is 9.18 Å². The Morgan fingerprint density at radius 1 is 1.06 bits per heavy atom. The van der Waals surface area contributed by atoms with Crippen molar-refractivity contribution in [2.75, 3.05) is 5.32 Å². The normalized spacial score (nSPS) is 11.2. The first kappa shape index (κ1) is 20.9. The van der Waals surface area contributed by atoms with Gasteiger partial charge in [0, 0.05) is 35.4 Å². The van der Waals surface area contributed by atoms with E-state index >= 15 is 0 Å². The van der Waals surface area contributed by atoms with Crippen LogP contribution in [0.5, 0.6) is 0 Å². The smallest absolute Gasteiger partial charge is 0.209 e. The molecule has 0 fully saturated rings. The van der Waals surface area contributed by atoms with Crippen LogP contribution >= 0.6 is 0 Å². The van der Waals surface area contributed by atoms with Crippen molar-refractivity contribution < 1.29 is 4.39 Å². The number of benzene rings is 2. The van der Waals surface area contributed by atoms with Gasteiger partial charge in [-0.05, 0) is 49.4 Å². The summed E-state index contributed by atoms with van der Waals surface area (Å²) >= 11 is 0. The lowest BCUT2D eigenvalue weighted by Gasteiger charge is -2.13. The summed E-state index contributed by atoms with van der Waals surface area (Å²) < 4.78 is 16.3. The number of nitrogens with zero attached hydrogens (tertiary/aromatic N) is 3. The predicted molar refractivity (Wildman–Crippen MR) is 124 cm³/mol. The molecule has 0 saturated heterocycles. The van der Waals surface area contributed by atoms with Crippen molar-refractivity contribution in [2.45, 2.75) is 6.92 Å². The maximum absolute atomic E-state index is 15.0. The van der Waals surface area contributed by atoms with E-state index in [-0.39, 0.29) is 22.5 Å². The Morgan fingerprint density at radius 3 is 2.53 bits per heavy atom. The zero-order valence-corrected chi connectivity index (χ0v) is 17.3. The van der Waals surface area contributed by atoms with E-state index in [1.807, 2.05) is 36.4 Å². The van der Waals surface area contributed by atoms with Crippen LogP contribution in [0.4, 0.5) is 10.1 Å². The lowest BCUT2D eigenvalue weighted by Crippen LogP contribution is -2.19. The molecule has 4 rings (SSSR count). The molecule has 158 valence electrons. The first-order chi connectivity index (χ1) is 15.5. The number of halogens is 1. The zero-order chi connectivity index (χ0) is 22.5. The summed E-state index contributed by atoms with van der Waals surface area (Å²) in [6, 6.07) is 20.8. The van der Waals surface area contributed by atoms with Crippen LogP contribution in [0.15, 0.2) is 96.1 Å². The van der Waals surface area contributed by atoms with E-state index in [1.54, 1.807) is 37.4 Å². The van der Waals surface area contributed by atoms with E-state index in [4.69, 9.17) is 5.41 Å². The third-order valence-corrected chi connectivity index (χ3v) is 4.63. The second-order valence-electron chi connectivity index (χ2n) is 7.09. The highest BCUT2D eigenvalue weighted by Gasteiger charge is 2.13. The van der Waals surface area contributed by atoms with E-state index in [0.29, 0.717) is 17.0 Å². The highest BCUT2D eigenvalue weighted by Crippen LogP contribution is 2.22. The van der Waals surface area contributed by atoms with Gasteiger partial charge in [-0.1, -0.05) is 30.3 Å². The molecule has 0 saturated carbocycles. The van der Waals surface area contributed by atoms with Gasteiger partial charge in [0.1, 0.15) is 11.5 Å². The molecule has 2 heterocycles. The topological polar surface area (TPSA) is 83.7 Å². The fraction of sp³-hybridized carbons (Fsp3) is 0.0400. The molecule has 0 unspecified atom stereocenters. The molecule has 6 nitrogen and oxygen atoms in total. The number of rotatable bonds is 6. The molecule has 0 radical (unpaired) electrons. The minimum Gasteiger partial charge on any atom is -0.354 e. The second-order valence-corrected chi connectivity index (χ2v) is 7.09. The van der Waals surface area contributed by atoms with Crippen LogP contribution in [0.25, 0.3) is 22.6 Å². The molecule has 0 amide bonds. The van der Waals surface area contributed by atoms with E-state index in [1.165, 1.54) is 29.1 Å². The highest BCUT2D eigenvalue weighted by atomic mass is 19.1. The molecule has 2 N–H and O–H groups in total. The van der Waals surface area contributed by atoms with Crippen molar-refractivity contribution in [3.05, 3.63) is 113 Å². The van der Waals surface area contributed by atoms with E-state index < -0.39 is 5.82 Å². The molecule has 0 spiro atoms. The zero-order valence-electron chi connectivity index (χ0n) is 17.3. The number of hydrogen-bond donors (Lipinski definition) is 2. The third-order valence-electron chi connectivity index (χ3n) is 4.63. The molecule has 0 atom stereocenters. The Morgan fingerprint density at radius 2 is 1.84 bits per heavy atom. The fourth-order valence-electron chi connectivity index (χ4n) is 3.17. The van der Waals surface area contributed by atoms with Crippen molar-refractivity contribution in [1.29, 1.82) is 5.41 Å². The van der Waals surface area contributed by atoms with Gasteiger partial charge in [-0.15, -0.1) is 0 Å². The first-order valence-corrected chi connectivity index (χ1v) is 9.92. The predicted octanol–water partition coefficient (Wildman–Crippen LogP) is 4.93. The Bertz CT molecular complexity index is 1350. The quantitative estimate of drug-likeness (QED) is 0.429. The molecule has 2 aromatic heterocycles. The lowest BCUT2D eigenvalue weighted by molar-refractivity contribution is 0.608. The number of anilines is 1. The van der Waals surface area contributed by atoms with Crippen molar-refractivity contribution >= 4 is 17.1 Å². The largest absolute Gasteiger partial charge is 0.354 e. The second kappa shape index (κ2) is 9.18. The number of allylic oxidation sites excluding steroid dienone is 1. The molecule has 0 aliphatic heterocycles. The molecule has 0 aliphatic carbocycles. The highest BCUT2D eigenvalue weighted by molar-refractivity contribution is 5.98. The number of pyridine rings is 1. The average Bonchev–Trinajstić information content (AvgIpc) is 2.80. The fourth-order valence-corrected chi connectivity index (χ4v) is 3.17. The maximum Gasteiger partial charge on any atom is 0.209 e. The Hall–Kier alpha value is -4.39. The van der Waals surface area contributed by atoms with Gasteiger partial charge in [-0.25, -0.2) is 9.07 Å². The third kappa shape index (κ3) is 4.67. The number of aromatic nitrogens is 3. The first-order valence-electron chi connectivity index (χ1n) is 9.92. The van der Waals surface area contributed by atoms with Crippen molar-refractivity contribution in [3.63, 3.8) is 0 Å². The Labute approximate surface area is 184 Å². The summed E-state index contributed by atoms with van der Waals surface area (Å²) in [4.78, 5) is 16.9. The summed E-state index contributed by atoms with van der Waals surface area (Å²) in [6.45, 7) is 1.60. The van der Waals surface area contributed by atoms with E-state index in [2.05, 4.69) is 15.4 Å². The monoisotopic (exact) mass is 425 g/mol. The summed E-state index contributed by atoms with van der Waals surface area (Å²) in [5.41, 5.74) is 2.56. The molecular formula is C25H20FN5O. The summed E-state index contributed by atoms with van der Waals surface area (Å²) in [5.74, 6) is -0.500. The Balaban J connectivity index is 1.75.